The maximum atomic E-state index is 12.9. The first-order valence-corrected chi connectivity index (χ1v) is 26.7. The second kappa shape index (κ2) is 42.3. The number of hydrogen-bond donors (Lipinski definition) is 3. The van der Waals surface area contributed by atoms with Crippen molar-refractivity contribution in [1.82, 2.24) is 5.32 Å². The standard InChI is InChI=1S/C50H99N2O6P/c1-6-8-10-12-14-16-18-20-22-23-24-25-26-27-28-29-30-32-34-36-38-40-42-44-50(54)51-48(47-58-59(55,56)57-46-45-52(3,4)5)49(53)43-41-39-37-35-33-31-21-19-17-15-13-11-9-7-2/h33,35,41,43,48-49,53H,6-32,34,36-40,42,44-47H2,1-5H3,(H-,51,54,55,56)/p+1/b35-33+,43-41+/t48-,49+/m0/s1. The van der Waals surface area contributed by atoms with Crippen LogP contribution in [0.15, 0.2) is 24.3 Å². The summed E-state index contributed by atoms with van der Waals surface area (Å²) in [6.45, 7) is 4.81. The number of hydrogen-bond acceptors (Lipinski definition) is 5. The molecule has 0 aromatic carbocycles. The Kier molecular flexibility index (Phi) is 41.6. The van der Waals surface area contributed by atoms with Gasteiger partial charge in [0, 0.05) is 6.42 Å². The molecule has 1 unspecified atom stereocenters. The predicted molar refractivity (Wildman–Crippen MR) is 254 cm³/mol. The molecule has 0 aromatic heterocycles. The first-order chi connectivity index (χ1) is 28.5. The van der Waals surface area contributed by atoms with Crippen LogP contribution in [0.25, 0.3) is 0 Å². The third kappa shape index (κ3) is 44.8. The minimum absolute atomic E-state index is 0.0584. The summed E-state index contributed by atoms with van der Waals surface area (Å²) in [7, 11) is 1.56. The van der Waals surface area contributed by atoms with Crippen molar-refractivity contribution in [2.45, 2.75) is 251 Å². The number of quaternary nitrogens is 1. The lowest BCUT2D eigenvalue weighted by atomic mass is 10.0. The first kappa shape index (κ1) is 58.0. The van der Waals surface area contributed by atoms with Gasteiger partial charge in [-0.3, -0.25) is 13.8 Å². The Hall–Kier alpha value is -1.02. The Morgan fingerprint density at radius 2 is 0.932 bits per heavy atom. The molecule has 8 nitrogen and oxygen atoms in total. The van der Waals surface area contributed by atoms with E-state index < -0.39 is 20.0 Å². The van der Waals surface area contributed by atoms with E-state index in [9.17, 15) is 19.4 Å². The predicted octanol–water partition coefficient (Wildman–Crippen LogP) is 14.5. The number of phosphoric ester groups is 1. The van der Waals surface area contributed by atoms with Gasteiger partial charge in [0.1, 0.15) is 13.2 Å². The largest absolute Gasteiger partial charge is 0.472 e. The molecule has 0 spiro atoms. The van der Waals surface area contributed by atoms with Gasteiger partial charge in [0.25, 0.3) is 0 Å². The second-order valence-electron chi connectivity index (χ2n) is 18.5. The number of allylic oxidation sites excluding steroid dienone is 3. The third-order valence-corrected chi connectivity index (χ3v) is 12.4. The van der Waals surface area contributed by atoms with Crippen LogP contribution >= 0.6 is 7.82 Å². The van der Waals surface area contributed by atoms with Crippen molar-refractivity contribution < 1.29 is 32.9 Å². The van der Waals surface area contributed by atoms with Gasteiger partial charge in [-0.25, -0.2) is 4.57 Å². The molecule has 59 heavy (non-hydrogen) atoms. The highest BCUT2D eigenvalue weighted by atomic mass is 31.2. The SMILES string of the molecule is CCCCCCCCCC/C=C/CC/C=C/[C@@H](O)[C@H](COP(=O)(O)OCC[N+](C)(C)C)NC(=O)CCCCCCCCCCCCCCCCCCCCCCCCC. The monoisotopic (exact) mass is 856 g/mol. The highest BCUT2D eigenvalue weighted by Gasteiger charge is 2.27. The molecule has 0 aliphatic heterocycles. The van der Waals surface area contributed by atoms with E-state index in [1.54, 1.807) is 6.08 Å². The molecule has 0 aromatic rings. The van der Waals surface area contributed by atoms with Gasteiger partial charge in [-0.05, 0) is 32.1 Å². The number of amides is 1. The van der Waals surface area contributed by atoms with Crippen LogP contribution < -0.4 is 5.32 Å². The summed E-state index contributed by atoms with van der Waals surface area (Å²) in [5, 5.41) is 13.8. The van der Waals surface area contributed by atoms with Crippen molar-refractivity contribution in [2.24, 2.45) is 0 Å². The lowest BCUT2D eigenvalue weighted by Gasteiger charge is -2.25. The summed E-state index contributed by atoms with van der Waals surface area (Å²) in [5.41, 5.74) is 0. The number of phosphoric acid groups is 1. The Bertz CT molecular complexity index is 1020. The highest BCUT2D eigenvalue weighted by molar-refractivity contribution is 7.47. The van der Waals surface area contributed by atoms with E-state index in [4.69, 9.17) is 9.05 Å². The number of nitrogens with zero attached hydrogens (tertiary/aromatic N) is 1. The molecular weight excluding hydrogens is 756 g/mol. The van der Waals surface area contributed by atoms with Gasteiger partial charge >= 0.3 is 7.82 Å². The van der Waals surface area contributed by atoms with Crippen molar-refractivity contribution in [3.63, 3.8) is 0 Å². The van der Waals surface area contributed by atoms with Crippen LogP contribution in [0.3, 0.4) is 0 Å². The second-order valence-corrected chi connectivity index (χ2v) is 20.0. The van der Waals surface area contributed by atoms with Crippen molar-refractivity contribution in [2.75, 3.05) is 40.9 Å². The summed E-state index contributed by atoms with van der Waals surface area (Å²) in [5.74, 6) is -0.183. The maximum absolute atomic E-state index is 12.9. The van der Waals surface area contributed by atoms with Crippen molar-refractivity contribution in [3.05, 3.63) is 24.3 Å². The van der Waals surface area contributed by atoms with E-state index in [1.165, 1.54) is 180 Å². The molecule has 1 amide bonds. The number of rotatable bonds is 46. The summed E-state index contributed by atoms with van der Waals surface area (Å²) < 4.78 is 23.6. The van der Waals surface area contributed by atoms with E-state index in [-0.39, 0.29) is 19.1 Å². The number of aliphatic hydroxyl groups is 1. The molecule has 0 heterocycles. The van der Waals surface area contributed by atoms with E-state index >= 15 is 0 Å². The molecule has 350 valence electrons. The molecule has 0 aliphatic rings. The third-order valence-electron chi connectivity index (χ3n) is 11.4. The van der Waals surface area contributed by atoms with Crippen molar-refractivity contribution >= 4 is 13.7 Å². The van der Waals surface area contributed by atoms with Crippen LogP contribution in [0.4, 0.5) is 0 Å². The molecule has 0 saturated heterocycles. The minimum Gasteiger partial charge on any atom is -0.387 e. The Labute approximate surface area is 366 Å². The van der Waals surface area contributed by atoms with Crippen LogP contribution in [0.1, 0.15) is 239 Å². The molecule has 0 aliphatic carbocycles. The fourth-order valence-electron chi connectivity index (χ4n) is 7.41. The van der Waals surface area contributed by atoms with Gasteiger partial charge in [0.05, 0.1) is 39.9 Å². The van der Waals surface area contributed by atoms with Crippen LogP contribution in [0.5, 0.6) is 0 Å². The summed E-state index contributed by atoms with van der Waals surface area (Å²) >= 11 is 0. The minimum atomic E-state index is -4.34. The van der Waals surface area contributed by atoms with E-state index in [0.717, 1.165) is 38.5 Å². The lowest BCUT2D eigenvalue weighted by Crippen LogP contribution is -2.45. The van der Waals surface area contributed by atoms with Crippen molar-refractivity contribution in [3.8, 4) is 0 Å². The number of aliphatic hydroxyl groups excluding tert-OH is 1. The zero-order valence-electron chi connectivity index (χ0n) is 39.8. The van der Waals surface area contributed by atoms with Gasteiger partial charge in [-0.15, -0.1) is 0 Å². The normalized spacial score (nSPS) is 14.4. The fraction of sp³-hybridized carbons (Fsp3) is 0.900. The molecular formula is C50H100N2O6P+. The number of carbonyl (C=O) groups is 1. The van der Waals surface area contributed by atoms with Gasteiger partial charge in [0.2, 0.25) is 5.91 Å². The zero-order chi connectivity index (χ0) is 43.6. The first-order valence-electron chi connectivity index (χ1n) is 25.2. The fourth-order valence-corrected chi connectivity index (χ4v) is 8.15. The molecule has 0 fully saturated rings. The smallest absolute Gasteiger partial charge is 0.387 e. The molecule has 0 bridgehead atoms. The molecule has 3 atom stereocenters. The quantitative estimate of drug-likeness (QED) is 0.0244. The number of nitrogens with one attached hydrogen (secondary N) is 1. The van der Waals surface area contributed by atoms with Gasteiger partial charge in [0.15, 0.2) is 0 Å². The van der Waals surface area contributed by atoms with Gasteiger partial charge in [-0.2, -0.15) is 0 Å². The highest BCUT2D eigenvalue weighted by Crippen LogP contribution is 2.43. The van der Waals surface area contributed by atoms with Crippen molar-refractivity contribution in [1.29, 1.82) is 0 Å². The molecule has 3 N–H and O–H groups in total. The number of likely N-dealkylation sites (N-methyl/N-ethyl adjacent to an activating group) is 1. The number of unbranched alkanes of at least 4 members (excludes halogenated alkanes) is 31. The topological polar surface area (TPSA) is 105 Å². The summed E-state index contributed by atoms with van der Waals surface area (Å²) in [6.07, 6.45) is 51.2. The summed E-state index contributed by atoms with van der Waals surface area (Å²) in [6, 6.07) is -0.858. The van der Waals surface area contributed by atoms with E-state index in [0.29, 0.717) is 17.4 Å². The average molecular weight is 856 g/mol. The maximum Gasteiger partial charge on any atom is 0.472 e. The van der Waals surface area contributed by atoms with Crippen LogP contribution in [0.2, 0.25) is 0 Å². The molecule has 9 heteroatoms. The van der Waals surface area contributed by atoms with Gasteiger partial charge in [-0.1, -0.05) is 224 Å². The van der Waals surface area contributed by atoms with Crippen LogP contribution in [-0.4, -0.2) is 73.4 Å². The van der Waals surface area contributed by atoms with E-state index in [2.05, 4.69) is 31.3 Å². The average Bonchev–Trinajstić information content (AvgIpc) is 3.19. The zero-order valence-corrected chi connectivity index (χ0v) is 40.7. The number of carbonyl (C=O) groups excluding carboxylic acids is 1. The van der Waals surface area contributed by atoms with Crippen LogP contribution in [-0.2, 0) is 18.4 Å². The summed E-state index contributed by atoms with van der Waals surface area (Å²) in [4.78, 5) is 23.2. The van der Waals surface area contributed by atoms with Crippen LogP contribution in [0, 0.1) is 0 Å². The van der Waals surface area contributed by atoms with Gasteiger partial charge < -0.3 is 19.8 Å². The Balaban J connectivity index is 4.25. The molecule has 0 radical (unpaired) electrons. The molecule has 0 rings (SSSR count). The molecule has 0 saturated carbocycles. The Morgan fingerprint density at radius 1 is 0.559 bits per heavy atom. The Morgan fingerprint density at radius 3 is 1.36 bits per heavy atom. The van der Waals surface area contributed by atoms with E-state index in [1.807, 2.05) is 27.2 Å². The lowest BCUT2D eigenvalue weighted by molar-refractivity contribution is -0.870.